The van der Waals surface area contributed by atoms with Crippen molar-refractivity contribution >= 4 is 29.7 Å². The highest BCUT2D eigenvalue weighted by Gasteiger charge is 2.48. The molecule has 0 unspecified atom stereocenters. The second kappa shape index (κ2) is 8.38. The Kier molecular flexibility index (Phi) is 5.79. The van der Waals surface area contributed by atoms with E-state index in [0.29, 0.717) is 6.42 Å². The van der Waals surface area contributed by atoms with Crippen molar-refractivity contribution in [3.63, 3.8) is 0 Å². The number of carbonyl (C=O) groups excluding carboxylic acids is 2. The molecular formula is C24H26N2O4S. The summed E-state index contributed by atoms with van der Waals surface area (Å²) in [6.45, 7) is 3.47. The molecule has 2 N–H and O–H groups in total. The summed E-state index contributed by atoms with van der Waals surface area (Å²) >= 11 is 1.57. The van der Waals surface area contributed by atoms with E-state index in [2.05, 4.69) is 29.6 Å². The van der Waals surface area contributed by atoms with Gasteiger partial charge in [0.05, 0.1) is 5.92 Å². The van der Waals surface area contributed by atoms with Gasteiger partial charge in [-0.1, -0.05) is 42.5 Å². The minimum Gasteiger partial charge on any atom is -0.481 e. The number of carbonyl (C=O) groups is 3. The normalized spacial score (nSPS) is 25.0. The fraction of sp³-hybridized carbons (Fsp3) is 0.375. The molecule has 1 heterocycles. The molecule has 3 atom stereocenters. The molecule has 0 radical (unpaired) electrons. The van der Waals surface area contributed by atoms with Crippen LogP contribution < -0.4 is 5.32 Å². The van der Waals surface area contributed by atoms with Gasteiger partial charge >= 0.3 is 12.0 Å². The molecule has 7 heteroatoms. The van der Waals surface area contributed by atoms with E-state index in [9.17, 15) is 19.5 Å². The molecule has 2 aliphatic rings. The average Bonchev–Trinajstić information content (AvgIpc) is 3.22. The third-order valence-corrected chi connectivity index (χ3v) is 7.50. The average molecular weight is 439 g/mol. The zero-order valence-electron chi connectivity index (χ0n) is 17.6. The van der Waals surface area contributed by atoms with Gasteiger partial charge in [0.2, 0.25) is 0 Å². The first kappa shape index (κ1) is 21.4. The summed E-state index contributed by atoms with van der Waals surface area (Å²) in [6.07, 6.45) is 1.41. The first-order valence-electron chi connectivity index (χ1n) is 10.5. The maximum atomic E-state index is 12.5. The summed E-state index contributed by atoms with van der Waals surface area (Å²) in [5.74, 6) is -2.02. The van der Waals surface area contributed by atoms with Crippen molar-refractivity contribution in [1.29, 1.82) is 0 Å². The fourth-order valence-electron chi connectivity index (χ4n) is 4.49. The monoisotopic (exact) mass is 438 g/mol. The first-order chi connectivity index (χ1) is 14.8. The molecule has 4 rings (SSSR count). The molecule has 2 aromatic rings. The van der Waals surface area contributed by atoms with Gasteiger partial charge in [0.15, 0.2) is 0 Å². The lowest BCUT2D eigenvalue weighted by Gasteiger charge is -2.24. The highest BCUT2D eigenvalue weighted by molar-refractivity contribution is 8.00. The van der Waals surface area contributed by atoms with Gasteiger partial charge in [-0.2, -0.15) is 0 Å². The highest BCUT2D eigenvalue weighted by Crippen LogP contribution is 2.43. The number of hydrogen-bond acceptors (Lipinski definition) is 4. The van der Waals surface area contributed by atoms with Crippen LogP contribution in [0.2, 0.25) is 0 Å². The second-order valence-electron chi connectivity index (χ2n) is 8.72. The molecule has 31 heavy (non-hydrogen) atoms. The van der Waals surface area contributed by atoms with Gasteiger partial charge in [-0.25, -0.2) is 4.79 Å². The molecule has 1 saturated carbocycles. The number of thioether (sulfide) groups is 1. The molecule has 0 aromatic heterocycles. The first-order valence-corrected chi connectivity index (χ1v) is 11.3. The van der Waals surface area contributed by atoms with Gasteiger partial charge in [0.1, 0.15) is 5.54 Å². The zero-order valence-corrected chi connectivity index (χ0v) is 18.4. The number of amides is 3. The lowest BCUT2D eigenvalue weighted by molar-refractivity contribution is -0.143. The van der Waals surface area contributed by atoms with Crippen LogP contribution in [-0.4, -0.2) is 45.2 Å². The van der Waals surface area contributed by atoms with E-state index >= 15 is 0 Å². The predicted molar refractivity (Wildman–Crippen MR) is 120 cm³/mol. The number of benzene rings is 2. The SMILES string of the molecule is CC1(C)NC(=O)N(C[C@@H]2CC[C@H](Sc3ccc(-c4ccccc4)cc3)[C@H]2C(=O)O)C1=O. The van der Waals surface area contributed by atoms with Gasteiger partial charge in [0.25, 0.3) is 5.91 Å². The molecule has 6 nitrogen and oxygen atoms in total. The molecule has 162 valence electrons. The van der Waals surface area contributed by atoms with Crippen LogP contribution in [-0.2, 0) is 9.59 Å². The van der Waals surface area contributed by atoms with E-state index in [4.69, 9.17) is 0 Å². The Bertz CT molecular complexity index is 990. The van der Waals surface area contributed by atoms with Crippen LogP contribution in [0, 0.1) is 11.8 Å². The number of rotatable bonds is 6. The number of carboxylic acids is 1. The Hall–Kier alpha value is -2.80. The number of urea groups is 1. The number of hydrogen-bond donors (Lipinski definition) is 2. The number of nitrogens with one attached hydrogen (secondary N) is 1. The summed E-state index contributed by atoms with van der Waals surface area (Å²) in [6, 6.07) is 17.8. The third-order valence-electron chi connectivity index (χ3n) is 6.13. The summed E-state index contributed by atoms with van der Waals surface area (Å²) in [5, 5.41) is 12.5. The van der Waals surface area contributed by atoms with Gasteiger partial charge in [-0.3, -0.25) is 14.5 Å². The van der Waals surface area contributed by atoms with E-state index in [-0.39, 0.29) is 23.6 Å². The smallest absolute Gasteiger partial charge is 0.325 e. The molecule has 2 fully saturated rings. The highest BCUT2D eigenvalue weighted by atomic mass is 32.2. The van der Waals surface area contributed by atoms with Crippen LogP contribution in [0.5, 0.6) is 0 Å². The standard InChI is InChI=1S/C24H26N2O4S/c1-24(2)22(29)26(23(30)25-24)14-17-10-13-19(20(17)21(27)28)31-18-11-8-16(9-12-18)15-6-4-3-5-7-15/h3-9,11-12,17,19-20H,10,13-14H2,1-2H3,(H,25,30)(H,27,28)/t17-,19-,20-/m0/s1. The van der Waals surface area contributed by atoms with Crippen molar-refractivity contribution in [2.75, 3.05) is 6.54 Å². The summed E-state index contributed by atoms with van der Waals surface area (Å²) in [7, 11) is 0. The summed E-state index contributed by atoms with van der Waals surface area (Å²) < 4.78 is 0. The van der Waals surface area contributed by atoms with Crippen molar-refractivity contribution in [2.24, 2.45) is 11.8 Å². The topological polar surface area (TPSA) is 86.7 Å². The Balaban J connectivity index is 1.45. The van der Waals surface area contributed by atoms with Crippen LogP contribution in [0.3, 0.4) is 0 Å². The number of nitrogens with zero attached hydrogens (tertiary/aromatic N) is 1. The molecule has 3 amide bonds. The molecule has 1 saturated heterocycles. The van der Waals surface area contributed by atoms with Crippen molar-refractivity contribution < 1.29 is 19.5 Å². The van der Waals surface area contributed by atoms with Crippen LogP contribution in [0.1, 0.15) is 26.7 Å². The van der Waals surface area contributed by atoms with E-state index < -0.39 is 23.5 Å². The van der Waals surface area contributed by atoms with Gasteiger partial charge < -0.3 is 10.4 Å². The summed E-state index contributed by atoms with van der Waals surface area (Å²) in [4.78, 5) is 39.0. The minimum atomic E-state index is -0.941. The van der Waals surface area contributed by atoms with Gasteiger partial charge in [-0.05, 0) is 55.9 Å². The number of imide groups is 1. The van der Waals surface area contributed by atoms with Crippen molar-refractivity contribution in [3.05, 3.63) is 54.6 Å². The Morgan fingerprint density at radius 3 is 2.29 bits per heavy atom. The van der Waals surface area contributed by atoms with E-state index in [0.717, 1.165) is 22.4 Å². The molecule has 2 aromatic carbocycles. The fourth-order valence-corrected chi connectivity index (χ4v) is 5.87. The van der Waals surface area contributed by atoms with Crippen LogP contribution in [0.25, 0.3) is 11.1 Å². The van der Waals surface area contributed by atoms with Crippen molar-refractivity contribution in [3.8, 4) is 11.1 Å². The van der Waals surface area contributed by atoms with Crippen LogP contribution >= 0.6 is 11.8 Å². The van der Waals surface area contributed by atoms with Crippen molar-refractivity contribution in [1.82, 2.24) is 10.2 Å². The maximum absolute atomic E-state index is 12.5. The Morgan fingerprint density at radius 1 is 1.06 bits per heavy atom. The number of aliphatic carboxylic acids is 1. The molecule has 1 aliphatic heterocycles. The van der Waals surface area contributed by atoms with Crippen LogP contribution in [0.15, 0.2) is 59.5 Å². The van der Waals surface area contributed by atoms with Gasteiger partial charge in [0, 0.05) is 16.7 Å². The quantitative estimate of drug-likeness (QED) is 0.658. The zero-order chi connectivity index (χ0) is 22.2. The predicted octanol–water partition coefficient (Wildman–Crippen LogP) is 4.26. The molecule has 0 spiro atoms. The van der Waals surface area contributed by atoms with Gasteiger partial charge in [-0.15, -0.1) is 11.8 Å². The molecular weight excluding hydrogens is 412 g/mol. The third kappa shape index (κ3) is 4.32. The maximum Gasteiger partial charge on any atom is 0.325 e. The Morgan fingerprint density at radius 2 is 1.71 bits per heavy atom. The Labute approximate surface area is 186 Å². The lowest BCUT2D eigenvalue weighted by atomic mass is 9.95. The second-order valence-corrected chi connectivity index (χ2v) is 10.0. The molecule has 1 aliphatic carbocycles. The van der Waals surface area contributed by atoms with E-state index in [1.54, 1.807) is 25.6 Å². The lowest BCUT2D eigenvalue weighted by Crippen LogP contribution is -2.42. The van der Waals surface area contributed by atoms with E-state index in [1.165, 1.54) is 4.90 Å². The minimum absolute atomic E-state index is 0.0983. The van der Waals surface area contributed by atoms with Crippen molar-refractivity contribution in [2.45, 2.75) is 42.4 Å². The largest absolute Gasteiger partial charge is 0.481 e. The molecule has 0 bridgehead atoms. The van der Waals surface area contributed by atoms with Crippen LogP contribution in [0.4, 0.5) is 4.79 Å². The van der Waals surface area contributed by atoms with E-state index in [1.807, 2.05) is 30.3 Å². The summed E-state index contributed by atoms with van der Waals surface area (Å²) in [5.41, 5.74) is 1.31. The number of carboxylic acid groups (broad SMARTS) is 1.